The summed E-state index contributed by atoms with van der Waals surface area (Å²) in [5, 5.41) is 14.9. The molecular formula is C35H38N2O4. The number of rotatable bonds is 11. The molecule has 0 bridgehead atoms. The van der Waals surface area contributed by atoms with E-state index in [1.54, 1.807) is 7.11 Å². The Balaban J connectivity index is 1.19. The molecule has 0 saturated carbocycles. The number of hydrogen-bond acceptors (Lipinski definition) is 6. The Bertz CT molecular complexity index is 1410. The summed E-state index contributed by atoms with van der Waals surface area (Å²) >= 11 is 0. The molecule has 1 aliphatic rings. The van der Waals surface area contributed by atoms with Gasteiger partial charge < -0.3 is 19.1 Å². The first-order chi connectivity index (χ1) is 20.1. The molecule has 6 heteroatoms. The topological polar surface area (TPSA) is 68.0 Å². The molecule has 1 atom stereocenters. The van der Waals surface area contributed by atoms with Gasteiger partial charge in [0.05, 0.1) is 6.61 Å². The Morgan fingerprint density at radius 2 is 1.59 bits per heavy atom. The standard InChI is InChI=1S/C35H38N2O4/c1-26(21-32-22-30(24-39-2)36-41-32)33-15-9-10-16-34(33)40-25-31(38)23-37-19-17-29(18-20-37)35(27-11-5-3-6-12-27)28-13-7-4-8-14-28/h3-16,21-22,31,38H,17-20,23-25H2,1-2H3/b26-21+. The number of likely N-dealkylation sites (tertiary alicyclic amines) is 1. The van der Waals surface area contributed by atoms with Gasteiger partial charge in [0.15, 0.2) is 5.76 Å². The molecule has 1 fully saturated rings. The molecule has 212 valence electrons. The molecule has 1 saturated heterocycles. The van der Waals surface area contributed by atoms with E-state index in [2.05, 4.69) is 70.7 Å². The lowest BCUT2D eigenvalue weighted by Crippen LogP contribution is -2.39. The number of β-amino-alcohol motifs (C(OH)–C–C–N with tert-alkyl or cyclic N) is 1. The maximum absolute atomic E-state index is 10.9. The highest BCUT2D eigenvalue weighted by Crippen LogP contribution is 2.32. The fourth-order valence-electron chi connectivity index (χ4n) is 5.40. The second-order valence-electron chi connectivity index (χ2n) is 10.5. The molecule has 1 unspecified atom stereocenters. The number of para-hydroxylation sites is 1. The summed E-state index contributed by atoms with van der Waals surface area (Å²) in [4.78, 5) is 2.34. The lowest BCUT2D eigenvalue weighted by atomic mass is 9.88. The van der Waals surface area contributed by atoms with Crippen LogP contribution in [0.4, 0.5) is 0 Å². The van der Waals surface area contributed by atoms with Crippen molar-refractivity contribution in [3.8, 4) is 5.75 Å². The maximum atomic E-state index is 10.9. The minimum atomic E-state index is -0.591. The first kappa shape index (κ1) is 28.6. The number of hydrogen-bond donors (Lipinski definition) is 1. The number of piperidine rings is 1. The zero-order valence-electron chi connectivity index (χ0n) is 23.8. The zero-order valence-corrected chi connectivity index (χ0v) is 23.8. The van der Waals surface area contributed by atoms with Gasteiger partial charge in [0, 0.05) is 38.4 Å². The van der Waals surface area contributed by atoms with Crippen molar-refractivity contribution in [2.45, 2.75) is 32.5 Å². The van der Waals surface area contributed by atoms with E-state index < -0.39 is 6.10 Å². The van der Waals surface area contributed by atoms with Gasteiger partial charge in [0.25, 0.3) is 0 Å². The van der Waals surface area contributed by atoms with E-state index in [-0.39, 0.29) is 6.61 Å². The highest BCUT2D eigenvalue weighted by Gasteiger charge is 2.21. The van der Waals surface area contributed by atoms with E-state index in [4.69, 9.17) is 14.0 Å². The van der Waals surface area contributed by atoms with Gasteiger partial charge in [-0.15, -0.1) is 0 Å². The van der Waals surface area contributed by atoms with Crippen molar-refractivity contribution in [3.63, 3.8) is 0 Å². The van der Waals surface area contributed by atoms with Crippen LogP contribution in [0.15, 0.2) is 101 Å². The molecular weight excluding hydrogens is 512 g/mol. The number of benzene rings is 3. The Hall–Kier alpha value is -3.97. The van der Waals surface area contributed by atoms with Crippen molar-refractivity contribution in [3.05, 3.63) is 125 Å². The average molecular weight is 551 g/mol. The number of nitrogens with zero attached hydrogens (tertiary/aromatic N) is 2. The Labute approximate surface area is 242 Å². The molecule has 0 aliphatic carbocycles. The number of aliphatic hydroxyl groups is 1. The first-order valence-corrected chi connectivity index (χ1v) is 14.2. The summed E-state index contributed by atoms with van der Waals surface area (Å²) in [6.45, 7) is 5.05. The van der Waals surface area contributed by atoms with E-state index >= 15 is 0 Å². The van der Waals surface area contributed by atoms with Crippen LogP contribution < -0.4 is 4.74 Å². The summed E-state index contributed by atoms with van der Waals surface area (Å²) in [5.41, 5.74) is 8.02. The van der Waals surface area contributed by atoms with Gasteiger partial charge in [-0.05, 0) is 54.2 Å². The van der Waals surface area contributed by atoms with Gasteiger partial charge in [-0.3, -0.25) is 4.90 Å². The number of methoxy groups -OCH3 is 1. The van der Waals surface area contributed by atoms with Crippen LogP contribution >= 0.6 is 0 Å². The second kappa shape index (κ2) is 14.1. The summed E-state index contributed by atoms with van der Waals surface area (Å²) in [5.74, 6) is 1.39. The van der Waals surface area contributed by atoms with Crippen LogP contribution in [0.25, 0.3) is 17.2 Å². The lowest BCUT2D eigenvalue weighted by molar-refractivity contribution is 0.0655. The van der Waals surface area contributed by atoms with Crippen LogP contribution in [0, 0.1) is 0 Å². The number of aromatic nitrogens is 1. The van der Waals surface area contributed by atoms with Crippen LogP contribution in [-0.2, 0) is 11.3 Å². The maximum Gasteiger partial charge on any atom is 0.160 e. The summed E-state index contributed by atoms with van der Waals surface area (Å²) in [7, 11) is 1.63. The fraction of sp³-hybridized carbons (Fsp3) is 0.286. The third-order valence-corrected chi connectivity index (χ3v) is 7.38. The molecule has 0 radical (unpaired) electrons. The quantitative estimate of drug-likeness (QED) is 0.224. The third-order valence-electron chi connectivity index (χ3n) is 7.38. The monoisotopic (exact) mass is 550 g/mol. The van der Waals surface area contributed by atoms with Crippen molar-refractivity contribution in [2.24, 2.45) is 0 Å². The van der Waals surface area contributed by atoms with Crippen LogP contribution in [0.1, 0.15) is 47.9 Å². The van der Waals surface area contributed by atoms with Crippen molar-refractivity contribution in [2.75, 3.05) is 33.4 Å². The van der Waals surface area contributed by atoms with Gasteiger partial charge in [0.2, 0.25) is 0 Å². The first-order valence-electron chi connectivity index (χ1n) is 14.2. The van der Waals surface area contributed by atoms with Crippen LogP contribution in [0.5, 0.6) is 5.75 Å². The van der Waals surface area contributed by atoms with Crippen LogP contribution in [-0.4, -0.2) is 54.6 Å². The second-order valence-corrected chi connectivity index (χ2v) is 10.5. The number of allylic oxidation sites excluding steroid dienone is 1. The van der Waals surface area contributed by atoms with E-state index in [0.717, 1.165) is 48.5 Å². The molecule has 3 aromatic carbocycles. The summed E-state index contributed by atoms with van der Waals surface area (Å²) < 4.78 is 16.7. The van der Waals surface area contributed by atoms with Crippen molar-refractivity contribution in [1.82, 2.24) is 10.1 Å². The van der Waals surface area contributed by atoms with Gasteiger partial charge >= 0.3 is 0 Å². The third kappa shape index (κ3) is 7.61. The molecule has 1 aromatic heterocycles. The SMILES string of the molecule is COCc1cc(/C=C(\C)c2ccccc2OCC(O)CN2CCC(=C(c3ccccc3)c3ccccc3)CC2)on1. The molecule has 0 spiro atoms. The molecule has 1 aliphatic heterocycles. The molecule has 5 rings (SSSR count). The van der Waals surface area contributed by atoms with Gasteiger partial charge in [0.1, 0.15) is 24.2 Å². The van der Waals surface area contributed by atoms with Crippen LogP contribution in [0.2, 0.25) is 0 Å². The largest absolute Gasteiger partial charge is 0.490 e. The fourth-order valence-corrected chi connectivity index (χ4v) is 5.40. The number of ether oxygens (including phenoxy) is 2. The van der Waals surface area contributed by atoms with Crippen molar-refractivity contribution in [1.29, 1.82) is 0 Å². The van der Waals surface area contributed by atoms with E-state index in [0.29, 0.717) is 18.9 Å². The minimum absolute atomic E-state index is 0.225. The Morgan fingerprint density at radius 1 is 0.951 bits per heavy atom. The highest BCUT2D eigenvalue weighted by molar-refractivity contribution is 5.82. The van der Waals surface area contributed by atoms with Gasteiger partial charge in [-0.25, -0.2) is 0 Å². The van der Waals surface area contributed by atoms with Crippen molar-refractivity contribution >= 4 is 17.2 Å². The van der Waals surface area contributed by atoms with Gasteiger partial charge in [-0.2, -0.15) is 0 Å². The molecule has 1 N–H and O–H groups in total. The normalized spacial score (nSPS) is 15.1. The molecule has 4 aromatic rings. The molecule has 6 nitrogen and oxygen atoms in total. The highest BCUT2D eigenvalue weighted by atomic mass is 16.5. The number of aliphatic hydroxyl groups excluding tert-OH is 1. The van der Waals surface area contributed by atoms with E-state index in [1.165, 1.54) is 22.3 Å². The molecule has 0 amide bonds. The smallest absolute Gasteiger partial charge is 0.160 e. The van der Waals surface area contributed by atoms with E-state index in [1.807, 2.05) is 43.3 Å². The Kier molecular flexibility index (Phi) is 9.81. The summed E-state index contributed by atoms with van der Waals surface area (Å²) in [6.07, 6.45) is 3.30. The lowest BCUT2D eigenvalue weighted by Gasteiger charge is -2.31. The predicted molar refractivity (Wildman–Crippen MR) is 163 cm³/mol. The summed E-state index contributed by atoms with van der Waals surface area (Å²) in [6, 6.07) is 31.1. The minimum Gasteiger partial charge on any atom is -0.490 e. The average Bonchev–Trinajstić information content (AvgIpc) is 3.45. The Morgan fingerprint density at radius 3 is 2.24 bits per heavy atom. The molecule has 2 heterocycles. The van der Waals surface area contributed by atoms with Crippen molar-refractivity contribution < 1.29 is 19.1 Å². The van der Waals surface area contributed by atoms with E-state index in [9.17, 15) is 5.11 Å². The van der Waals surface area contributed by atoms with Gasteiger partial charge in [-0.1, -0.05) is 89.6 Å². The zero-order chi connectivity index (χ0) is 28.4. The predicted octanol–water partition coefficient (Wildman–Crippen LogP) is 6.72. The van der Waals surface area contributed by atoms with Crippen LogP contribution in [0.3, 0.4) is 0 Å². The molecule has 41 heavy (non-hydrogen) atoms.